The Hall–Kier alpha value is -1.34. The van der Waals surface area contributed by atoms with E-state index in [4.69, 9.17) is 0 Å². The minimum atomic E-state index is -4.67. The molecule has 0 heterocycles. The van der Waals surface area contributed by atoms with Crippen LogP contribution in [0.3, 0.4) is 0 Å². The van der Waals surface area contributed by atoms with E-state index < -0.39 is 33.2 Å². The Balaban J connectivity index is 3.19. The molecule has 1 aromatic carbocycles. The fourth-order valence-electron chi connectivity index (χ4n) is 1.87. The predicted molar refractivity (Wildman–Crippen MR) is 79.9 cm³/mol. The molecule has 0 aliphatic carbocycles. The molecule has 0 aliphatic rings. The van der Waals surface area contributed by atoms with Crippen LogP contribution < -0.4 is 4.72 Å². The molecular weight excluding hydrogens is 315 g/mol. The monoisotopic (exact) mass is 335 g/mol. The average molecular weight is 335 g/mol. The largest absolute Gasteiger partial charge is 0.413 e. The summed E-state index contributed by atoms with van der Waals surface area (Å²) < 4.78 is 65.5. The molecule has 1 N–H and O–H groups in total. The number of rotatable bonds is 4. The van der Waals surface area contributed by atoms with Crippen LogP contribution in [0.4, 0.5) is 13.2 Å². The molecule has 3 nitrogen and oxygen atoms in total. The minimum Gasteiger partial charge on any atom is -0.207 e. The van der Waals surface area contributed by atoms with Crippen molar-refractivity contribution in [3.63, 3.8) is 0 Å². The van der Waals surface area contributed by atoms with Crippen molar-refractivity contribution >= 4 is 10.0 Å². The maximum Gasteiger partial charge on any atom is 0.413 e. The summed E-state index contributed by atoms with van der Waals surface area (Å²) in [4.78, 5) is -0.0812. The van der Waals surface area contributed by atoms with Gasteiger partial charge in [-0.3, -0.25) is 0 Å². The third kappa shape index (κ3) is 4.58. The minimum absolute atomic E-state index is 0.0812. The molecule has 0 saturated carbocycles. The fourth-order valence-corrected chi connectivity index (χ4v) is 3.31. The third-order valence-electron chi connectivity index (χ3n) is 3.18. The highest BCUT2D eigenvalue weighted by molar-refractivity contribution is 7.89. The van der Waals surface area contributed by atoms with Gasteiger partial charge in [0, 0.05) is 5.57 Å². The summed E-state index contributed by atoms with van der Waals surface area (Å²) in [6, 6.07) is 4.42. The Bertz CT molecular complexity index is 641. The van der Waals surface area contributed by atoms with Gasteiger partial charge in [0.2, 0.25) is 10.0 Å². The molecule has 1 rings (SSSR count). The van der Waals surface area contributed by atoms with Crippen LogP contribution in [0.25, 0.3) is 0 Å². The molecule has 7 heteroatoms. The molecule has 124 valence electrons. The molecule has 1 atom stereocenters. The molecular formula is C15H20F3NO2S. The molecule has 1 unspecified atom stereocenters. The summed E-state index contributed by atoms with van der Waals surface area (Å²) in [6.07, 6.45) is -4.67. The molecule has 1 aromatic rings. The molecule has 0 aliphatic heterocycles. The van der Waals surface area contributed by atoms with Crippen molar-refractivity contribution in [3.05, 3.63) is 42.0 Å². The van der Waals surface area contributed by atoms with E-state index in [0.29, 0.717) is 0 Å². The lowest BCUT2D eigenvalue weighted by molar-refractivity contribution is -0.0989. The summed E-state index contributed by atoms with van der Waals surface area (Å²) in [7, 11) is -4.08. The molecule has 0 radical (unpaired) electrons. The summed E-state index contributed by atoms with van der Waals surface area (Å²) in [5, 5.41) is 0. The van der Waals surface area contributed by atoms with Crippen molar-refractivity contribution in [2.75, 3.05) is 0 Å². The van der Waals surface area contributed by atoms with Gasteiger partial charge in [0.25, 0.3) is 0 Å². The molecule has 0 amide bonds. The number of alkyl halides is 3. The van der Waals surface area contributed by atoms with E-state index in [0.717, 1.165) is 5.56 Å². The van der Waals surface area contributed by atoms with Crippen LogP contribution in [0.1, 0.15) is 26.3 Å². The average Bonchev–Trinajstić information content (AvgIpc) is 2.33. The number of hydrogen-bond donors (Lipinski definition) is 1. The van der Waals surface area contributed by atoms with Crippen LogP contribution in [0.2, 0.25) is 0 Å². The van der Waals surface area contributed by atoms with Crippen molar-refractivity contribution in [1.82, 2.24) is 4.72 Å². The van der Waals surface area contributed by atoms with E-state index in [2.05, 4.69) is 11.3 Å². The molecule has 0 saturated heterocycles. The summed E-state index contributed by atoms with van der Waals surface area (Å²) in [6.45, 7) is 9.38. The van der Waals surface area contributed by atoms with Crippen molar-refractivity contribution in [2.45, 2.75) is 44.8 Å². The zero-order chi connectivity index (χ0) is 17.3. The van der Waals surface area contributed by atoms with Crippen molar-refractivity contribution < 1.29 is 21.6 Å². The van der Waals surface area contributed by atoms with Gasteiger partial charge in [-0.25, -0.2) is 13.1 Å². The van der Waals surface area contributed by atoms with Gasteiger partial charge in [-0.1, -0.05) is 45.0 Å². The number of nitrogens with one attached hydrogen (secondary N) is 1. The second kappa shape index (κ2) is 6.04. The zero-order valence-corrected chi connectivity index (χ0v) is 13.8. The summed E-state index contributed by atoms with van der Waals surface area (Å²) in [5.41, 5.74) is -1.24. The van der Waals surface area contributed by atoms with E-state index in [1.807, 2.05) is 0 Å². The summed E-state index contributed by atoms with van der Waals surface area (Å²) in [5.74, 6) is 0. The standard InChI is InChI=1S/C15H20F3NO2S/c1-10-6-8-12(9-7-10)22(20,21)19-13(14(3,4)5)11(2)15(16,17)18/h6-9,13,19H,2H2,1,3-5H3. The van der Waals surface area contributed by atoms with E-state index >= 15 is 0 Å². The van der Waals surface area contributed by atoms with Crippen LogP contribution in [-0.4, -0.2) is 20.6 Å². The quantitative estimate of drug-likeness (QED) is 0.851. The first-order valence-corrected chi connectivity index (χ1v) is 8.08. The van der Waals surface area contributed by atoms with Crippen molar-refractivity contribution in [2.24, 2.45) is 5.41 Å². The van der Waals surface area contributed by atoms with Crippen LogP contribution in [0.15, 0.2) is 41.3 Å². The van der Waals surface area contributed by atoms with E-state index in [9.17, 15) is 21.6 Å². The number of halogens is 3. The molecule has 0 spiro atoms. The molecule has 0 aromatic heterocycles. The van der Waals surface area contributed by atoms with Gasteiger partial charge in [-0.05, 0) is 24.5 Å². The summed E-state index contributed by atoms with van der Waals surface area (Å²) >= 11 is 0. The lowest BCUT2D eigenvalue weighted by atomic mass is 9.83. The Morgan fingerprint density at radius 2 is 1.59 bits per heavy atom. The van der Waals surface area contributed by atoms with Gasteiger partial charge < -0.3 is 0 Å². The highest BCUT2D eigenvalue weighted by Crippen LogP contribution is 2.35. The molecule has 0 fully saturated rings. The Morgan fingerprint density at radius 1 is 1.14 bits per heavy atom. The zero-order valence-electron chi connectivity index (χ0n) is 13.0. The van der Waals surface area contributed by atoms with Gasteiger partial charge in [0.1, 0.15) is 0 Å². The lowest BCUT2D eigenvalue weighted by Gasteiger charge is -2.33. The normalized spacial score (nSPS) is 14.7. The number of benzene rings is 1. The smallest absolute Gasteiger partial charge is 0.207 e. The van der Waals surface area contributed by atoms with Gasteiger partial charge in [-0.15, -0.1) is 0 Å². The van der Waals surface area contributed by atoms with Gasteiger partial charge >= 0.3 is 6.18 Å². The SMILES string of the molecule is C=C(C(NS(=O)(=O)c1ccc(C)cc1)C(C)(C)C)C(F)(F)F. The lowest BCUT2D eigenvalue weighted by Crippen LogP contribution is -2.47. The fraction of sp³-hybridized carbons (Fsp3) is 0.467. The second-order valence-electron chi connectivity index (χ2n) is 6.26. The first kappa shape index (κ1) is 18.7. The third-order valence-corrected chi connectivity index (χ3v) is 4.62. The Morgan fingerprint density at radius 3 is 1.95 bits per heavy atom. The Kier molecular flexibility index (Phi) is 5.14. The van der Waals surface area contributed by atoms with Crippen LogP contribution in [0, 0.1) is 12.3 Å². The molecule has 0 bridgehead atoms. The maximum absolute atomic E-state index is 12.9. The highest BCUT2D eigenvalue weighted by atomic mass is 32.2. The van der Waals surface area contributed by atoms with E-state index in [1.165, 1.54) is 32.9 Å². The number of sulfonamides is 1. The molecule has 22 heavy (non-hydrogen) atoms. The van der Waals surface area contributed by atoms with E-state index in [-0.39, 0.29) is 4.90 Å². The predicted octanol–water partition coefficient (Wildman–Crippen LogP) is 3.81. The van der Waals surface area contributed by atoms with Crippen molar-refractivity contribution in [3.8, 4) is 0 Å². The second-order valence-corrected chi connectivity index (χ2v) is 7.97. The van der Waals surface area contributed by atoms with Gasteiger partial charge in [-0.2, -0.15) is 13.2 Å². The van der Waals surface area contributed by atoms with Crippen LogP contribution in [-0.2, 0) is 10.0 Å². The first-order valence-electron chi connectivity index (χ1n) is 6.60. The van der Waals surface area contributed by atoms with Crippen LogP contribution >= 0.6 is 0 Å². The number of hydrogen-bond acceptors (Lipinski definition) is 2. The van der Waals surface area contributed by atoms with Gasteiger partial charge in [0.05, 0.1) is 10.9 Å². The number of aryl methyl sites for hydroxylation is 1. The topological polar surface area (TPSA) is 46.2 Å². The van der Waals surface area contributed by atoms with Crippen LogP contribution in [0.5, 0.6) is 0 Å². The van der Waals surface area contributed by atoms with Crippen molar-refractivity contribution in [1.29, 1.82) is 0 Å². The first-order chi connectivity index (χ1) is 9.75. The van der Waals surface area contributed by atoms with Gasteiger partial charge in [0.15, 0.2) is 0 Å². The Labute approximate surface area is 129 Å². The maximum atomic E-state index is 12.9. The van der Waals surface area contributed by atoms with E-state index in [1.54, 1.807) is 19.1 Å². The highest BCUT2D eigenvalue weighted by Gasteiger charge is 2.43.